The fourth-order valence-electron chi connectivity index (χ4n) is 4.03. The van der Waals surface area contributed by atoms with Crippen molar-refractivity contribution in [1.82, 2.24) is 15.5 Å². The minimum Gasteiger partial charge on any atom is -0.508 e. The third-order valence-electron chi connectivity index (χ3n) is 6.08. The van der Waals surface area contributed by atoms with Crippen molar-refractivity contribution in [3.8, 4) is 5.75 Å². The number of hydrogen-bond acceptors (Lipinski definition) is 5. The molecule has 0 spiro atoms. The number of amides is 3. The molecule has 1 aliphatic rings. The number of hydrogen-bond donors (Lipinski definition) is 3. The van der Waals surface area contributed by atoms with E-state index in [-0.39, 0.29) is 29.5 Å². The Morgan fingerprint density at radius 2 is 1.77 bits per heavy atom. The fourth-order valence-corrected chi connectivity index (χ4v) is 4.03. The van der Waals surface area contributed by atoms with Crippen molar-refractivity contribution in [2.24, 2.45) is 5.92 Å². The first-order valence-corrected chi connectivity index (χ1v) is 12.6. The molecule has 0 radical (unpaired) electrons. The summed E-state index contributed by atoms with van der Waals surface area (Å²) in [6, 6.07) is 4.49. The quantitative estimate of drug-likeness (QED) is 0.492. The number of nitrogens with one attached hydrogen (secondary N) is 2. The van der Waals surface area contributed by atoms with Crippen LogP contribution in [0.5, 0.6) is 5.75 Å². The molecule has 3 N–H and O–H groups in total. The molecule has 8 nitrogen and oxygen atoms in total. The summed E-state index contributed by atoms with van der Waals surface area (Å²) in [4.78, 5) is 42.1. The van der Waals surface area contributed by atoms with E-state index in [1.165, 1.54) is 12.1 Å². The average molecular weight is 490 g/mol. The second kappa shape index (κ2) is 11.3. The molecule has 1 aliphatic carbocycles. The lowest BCUT2D eigenvalue weighted by atomic mass is 9.86. The molecule has 0 bridgehead atoms. The third kappa shape index (κ3) is 8.15. The van der Waals surface area contributed by atoms with E-state index in [1.807, 2.05) is 34.6 Å². The molecule has 2 rings (SSSR count). The first kappa shape index (κ1) is 28.5. The number of rotatable bonds is 8. The van der Waals surface area contributed by atoms with Crippen molar-refractivity contribution in [2.75, 3.05) is 0 Å². The molecule has 3 amide bonds. The lowest BCUT2D eigenvalue weighted by molar-refractivity contribution is -0.149. The minimum absolute atomic E-state index is 0.0161. The number of phenols is 1. The van der Waals surface area contributed by atoms with Crippen LogP contribution in [-0.2, 0) is 14.3 Å². The van der Waals surface area contributed by atoms with Crippen LogP contribution < -0.4 is 10.6 Å². The molecule has 0 aromatic heterocycles. The molecule has 35 heavy (non-hydrogen) atoms. The summed E-state index contributed by atoms with van der Waals surface area (Å²) in [7, 11) is 0. The number of benzene rings is 1. The Labute approximate surface area is 209 Å². The van der Waals surface area contributed by atoms with Crippen molar-refractivity contribution in [1.29, 1.82) is 0 Å². The number of ether oxygens (including phenoxy) is 1. The molecule has 0 aliphatic heterocycles. The molecule has 1 aromatic carbocycles. The zero-order chi connectivity index (χ0) is 26.6. The maximum Gasteiger partial charge on any atom is 0.408 e. The van der Waals surface area contributed by atoms with Crippen molar-refractivity contribution >= 4 is 17.9 Å². The van der Waals surface area contributed by atoms with Crippen LogP contribution in [0, 0.1) is 5.92 Å². The van der Waals surface area contributed by atoms with Crippen molar-refractivity contribution < 1.29 is 24.2 Å². The highest BCUT2D eigenvalue weighted by atomic mass is 16.6. The number of phenolic OH excluding ortho intramolecular Hbond substituents is 1. The second-order valence-corrected chi connectivity index (χ2v) is 11.6. The van der Waals surface area contributed by atoms with Crippen LogP contribution in [0.25, 0.3) is 0 Å². The number of aromatic hydroxyl groups is 1. The van der Waals surface area contributed by atoms with E-state index in [1.54, 1.807) is 37.8 Å². The van der Waals surface area contributed by atoms with Gasteiger partial charge in [0, 0.05) is 11.6 Å². The van der Waals surface area contributed by atoms with E-state index in [9.17, 15) is 19.5 Å². The van der Waals surface area contributed by atoms with Crippen LogP contribution in [0.15, 0.2) is 24.3 Å². The molecule has 1 saturated carbocycles. The van der Waals surface area contributed by atoms with Crippen LogP contribution >= 0.6 is 0 Å². The van der Waals surface area contributed by atoms with Gasteiger partial charge in [0.05, 0.1) is 0 Å². The lowest BCUT2D eigenvalue weighted by Gasteiger charge is -2.44. The molecule has 8 heteroatoms. The van der Waals surface area contributed by atoms with E-state index in [0.717, 1.165) is 19.3 Å². The molecular formula is C27H43N3O5. The summed E-state index contributed by atoms with van der Waals surface area (Å²) in [5.41, 5.74) is -0.713. The monoisotopic (exact) mass is 489 g/mol. The van der Waals surface area contributed by atoms with Crippen LogP contribution in [0.1, 0.15) is 92.7 Å². The normalized spacial score (nSPS) is 16.9. The van der Waals surface area contributed by atoms with Gasteiger partial charge >= 0.3 is 6.09 Å². The van der Waals surface area contributed by atoms with Crippen LogP contribution in [0.2, 0.25) is 0 Å². The maximum absolute atomic E-state index is 14.2. The Hall–Kier alpha value is -2.77. The molecule has 0 saturated heterocycles. The Kier molecular flexibility index (Phi) is 9.20. The van der Waals surface area contributed by atoms with E-state index in [4.69, 9.17) is 4.74 Å². The fraction of sp³-hybridized carbons (Fsp3) is 0.667. The van der Waals surface area contributed by atoms with Crippen LogP contribution in [0.4, 0.5) is 4.79 Å². The summed E-state index contributed by atoms with van der Waals surface area (Å²) >= 11 is 0. The number of nitrogens with zero attached hydrogens (tertiary/aromatic N) is 1. The summed E-state index contributed by atoms with van der Waals surface area (Å²) < 4.78 is 5.43. The highest BCUT2D eigenvalue weighted by Crippen LogP contribution is 2.35. The van der Waals surface area contributed by atoms with Crippen molar-refractivity contribution in [3.05, 3.63) is 29.8 Å². The Morgan fingerprint density at radius 3 is 2.23 bits per heavy atom. The Morgan fingerprint density at radius 1 is 1.14 bits per heavy atom. The van der Waals surface area contributed by atoms with Gasteiger partial charge < -0.3 is 25.4 Å². The van der Waals surface area contributed by atoms with E-state index in [2.05, 4.69) is 10.6 Å². The van der Waals surface area contributed by atoms with E-state index in [0.29, 0.717) is 12.0 Å². The van der Waals surface area contributed by atoms with Crippen LogP contribution in [0.3, 0.4) is 0 Å². The van der Waals surface area contributed by atoms with E-state index >= 15 is 0 Å². The standard InChI is InChI=1S/C27H43N3O5/c1-9-17(2)21(28-25(34)35-27(6,7)8)24(33)30(19-13-11-14-19)22(23(32)29-26(3,4)5)18-12-10-15-20(31)16-18/h10,12,15-17,19,21-22,31H,9,11,13-14H2,1-8H3,(H,28,34)(H,29,32). The summed E-state index contributed by atoms with van der Waals surface area (Å²) in [6.07, 6.45) is 2.47. The zero-order valence-electron chi connectivity index (χ0n) is 22.5. The Balaban J connectivity index is 2.53. The first-order valence-electron chi connectivity index (χ1n) is 12.6. The predicted molar refractivity (Wildman–Crippen MR) is 136 cm³/mol. The second-order valence-electron chi connectivity index (χ2n) is 11.6. The highest BCUT2D eigenvalue weighted by Gasteiger charge is 2.43. The summed E-state index contributed by atoms with van der Waals surface area (Å²) in [5.74, 6) is -0.827. The molecule has 3 atom stereocenters. The first-order chi connectivity index (χ1) is 16.1. The van der Waals surface area contributed by atoms with Gasteiger partial charge in [0.25, 0.3) is 0 Å². The molecule has 3 unspecified atom stereocenters. The maximum atomic E-state index is 14.2. The average Bonchev–Trinajstić information content (AvgIpc) is 2.66. The molecule has 196 valence electrons. The lowest BCUT2D eigenvalue weighted by Crippen LogP contribution is -2.59. The number of carbonyl (C=O) groups excluding carboxylic acids is 3. The zero-order valence-corrected chi connectivity index (χ0v) is 22.5. The summed E-state index contributed by atoms with van der Waals surface area (Å²) in [5, 5.41) is 15.9. The highest BCUT2D eigenvalue weighted by molar-refractivity contribution is 5.93. The largest absolute Gasteiger partial charge is 0.508 e. The van der Waals surface area contributed by atoms with E-state index < -0.39 is 29.3 Å². The van der Waals surface area contributed by atoms with Crippen LogP contribution in [-0.4, -0.2) is 51.1 Å². The van der Waals surface area contributed by atoms with Gasteiger partial charge in [-0.15, -0.1) is 0 Å². The van der Waals surface area contributed by atoms with Gasteiger partial charge in [-0.3, -0.25) is 9.59 Å². The topological polar surface area (TPSA) is 108 Å². The van der Waals surface area contributed by atoms with Gasteiger partial charge in [0.2, 0.25) is 11.8 Å². The molecule has 1 fully saturated rings. The predicted octanol–water partition coefficient (Wildman–Crippen LogP) is 4.67. The smallest absolute Gasteiger partial charge is 0.408 e. The summed E-state index contributed by atoms with van der Waals surface area (Å²) in [6.45, 7) is 14.8. The molecule has 0 heterocycles. The van der Waals surface area contributed by atoms with Gasteiger partial charge in [-0.1, -0.05) is 32.4 Å². The number of alkyl carbamates (subject to hydrolysis) is 1. The van der Waals surface area contributed by atoms with Gasteiger partial charge in [0.1, 0.15) is 23.4 Å². The Bertz CT molecular complexity index is 899. The van der Waals surface area contributed by atoms with Gasteiger partial charge in [-0.25, -0.2) is 4.79 Å². The van der Waals surface area contributed by atoms with Crippen molar-refractivity contribution in [2.45, 2.75) is 110 Å². The van der Waals surface area contributed by atoms with Crippen molar-refractivity contribution in [3.63, 3.8) is 0 Å². The molecule has 1 aromatic rings. The third-order valence-corrected chi connectivity index (χ3v) is 6.08. The molecular weight excluding hydrogens is 446 g/mol. The minimum atomic E-state index is -0.953. The van der Waals surface area contributed by atoms with Gasteiger partial charge in [0.15, 0.2) is 0 Å². The SMILES string of the molecule is CCC(C)C(NC(=O)OC(C)(C)C)C(=O)N(C1CCC1)C(C(=O)NC(C)(C)C)c1cccc(O)c1. The van der Waals surface area contributed by atoms with Gasteiger partial charge in [-0.2, -0.15) is 0 Å². The number of carbonyl (C=O) groups is 3. The van der Waals surface area contributed by atoms with Gasteiger partial charge in [-0.05, 0) is 84.4 Å².